The van der Waals surface area contributed by atoms with E-state index >= 15 is 0 Å². The molecule has 0 aromatic rings. The van der Waals surface area contributed by atoms with Gasteiger partial charge in [-0.15, -0.1) is 13.2 Å². The molecule has 0 heteroatoms. The Balaban J connectivity index is 0.000000291. The lowest BCUT2D eigenvalue weighted by molar-refractivity contribution is 0.470. The van der Waals surface area contributed by atoms with Crippen LogP contribution in [0.25, 0.3) is 0 Å². The first-order valence-corrected chi connectivity index (χ1v) is 3.38. The van der Waals surface area contributed by atoms with Crippen LogP contribution in [-0.4, -0.2) is 0 Å². The van der Waals surface area contributed by atoms with E-state index in [1.54, 1.807) is 0 Å². The molecule has 0 aromatic heterocycles. The fraction of sp³-hybridized carbons (Fsp3) is 0.556. The molecule has 0 aromatic carbocycles. The molecule has 0 radical (unpaired) electrons. The Hall–Kier alpha value is -0.520. The third kappa shape index (κ3) is 3.12. The highest BCUT2D eigenvalue weighted by atomic mass is 14.2. The van der Waals surface area contributed by atoms with E-state index < -0.39 is 0 Å². The molecule has 0 heterocycles. The zero-order valence-corrected chi connectivity index (χ0v) is 6.48. The average Bonchev–Trinajstić information content (AvgIpc) is 2.19. The first kappa shape index (κ1) is 8.48. The highest BCUT2D eigenvalue weighted by Gasteiger charge is 2.15. The molecule has 0 saturated carbocycles. The number of hydrogen-bond donors (Lipinski definition) is 0. The van der Waals surface area contributed by atoms with Gasteiger partial charge in [-0.3, -0.25) is 0 Å². The molecule has 0 amide bonds. The Morgan fingerprint density at radius 1 is 1.33 bits per heavy atom. The molecular weight excluding hydrogens is 108 g/mol. The van der Waals surface area contributed by atoms with Gasteiger partial charge in [0.05, 0.1) is 0 Å². The van der Waals surface area contributed by atoms with Crippen molar-refractivity contribution in [3.05, 3.63) is 25.3 Å². The van der Waals surface area contributed by atoms with Crippen LogP contribution in [0, 0.1) is 5.41 Å². The van der Waals surface area contributed by atoms with Gasteiger partial charge in [0.2, 0.25) is 0 Å². The minimum absolute atomic E-state index is 0.514. The Bertz CT molecular complexity index is 98.6. The van der Waals surface area contributed by atoms with Crippen molar-refractivity contribution >= 4 is 0 Å². The first-order chi connectivity index (χ1) is 4.21. The number of allylic oxidation sites excluding steroid dienone is 2. The van der Waals surface area contributed by atoms with Crippen molar-refractivity contribution in [3.63, 3.8) is 0 Å². The normalized spacial score (nSPS) is 20.7. The van der Waals surface area contributed by atoms with Crippen molar-refractivity contribution in [3.8, 4) is 0 Å². The van der Waals surface area contributed by atoms with Crippen LogP contribution in [0.4, 0.5) is 0 Å². The summed E-state index contributed by atoms with van der Waals surface area (Å²) in [4.78, 5) is 0. The van der Waals surface area contributed by atoms with Crippen LogP contribution >= 0.6 is 0 Å². The van der Waals surface area contributed by atoms with Crippen LogP contribution in [0.5, 0.6) is 0 Å². The maximum atomic E-state index is 3.00. The zero-order valence-electron chi connectivity index (χ0n) is 6.48. The maximum absolute atomic E-state index is 3.00. The molecule has 52 valence electrons. The summed E-state index contributed by atoms with van der Waals surface area (Å²) in [5, 5.41) is 0. The Morgan fingerprint density at radius 2 is 1.89 bits per heavy atom. The van der Waals surface area contributed by atoms with Crippen LogP contribution in [0.2, 0.25) is 0 Å². The van der Waals surface area contributed by atoms with E-state index in [0.29, 0.717) is 5.41 Å². The van der Waals surface area contributed by atoms with E-state index in [1.165, 1.54) is 12.8 Å². The fourth-order valence-corrected chi connectivity index (χ4v) is 0.941. The van der Waals surface area contributed by atoms with Gasteiger partial charge < -0.3 is 0 Å². The van der Waals surface area contributed by atoms with Gasteiger partial charge >= 0.3 is 0 Å². The van der Waals surface area contributed by atoms with Crippen LogP contribution in [0.1, 0.15) is 26.7 Å². The highest BCUT2D eigenvalue weighted by molar-refractivity contribution is 5.01. The van der Waals surface area contributed by atoms with Gasteiger partial charge in [-0.1, -0.05) is 26.0 Å². The van der Waals surface area contributed by atoms with Gasteiger partial charge in [-0.25, -0.2) is 0 Å². The monoisotopic (exact) mass is 124 g/mol. The van der Waals surface area contributed by atoms with Crippen LogP contribution in [0.15, 0.2) is 25.3 Å². The Labute approximate surface area is 58.3 Å². The summed E-state index contributed by atoms with van der Waals surface area (Å²) in [5.41, 5.74) is 0.514. The molecular formula is C9H16. The summed E-state index contributed by atoms with van der Waals surface area (Å²) in [6.45, 7) is 10.5. The molecule has 9 heavy (non-hydrogen) atoms. The van der Waals surface area contributed by atoms with Gasteiger partial charge in [0, 0.05) is 0 Å². The third-order valence-corrected chi connectivity index (χ3v) is 1.52. The summed E-state index contributed by atoms with van der Waals surface area (Å²) in [5.74, 6) is 0. The Kier molecular flexibility index (Phi) is 3.29. The molecule has 0 saturated heterocycles. The predicted molar refractivity (Wildman–Crippen MR) is 43.4 cm³/mol. The van der Waals surface area contributed by atoms with E-state index in [2.05, 4.69) is 39.2 Å². The SMILES string of the molecule is C=C.CC1(C)C=CCC1. The quantitative estimate of drug-likeness (QED) is 0.435. The molecule has 0 bridgehead atoms. The molecule has 1 aliphatic carbocycles. The average molecular weight is 124 g/mol. The molecule has 1 rings (SSSR count). The fourth-order valence-electron chi connectivity index (χ4n) is 0.941. The summed E-state index contributed by atoms with van der Waals surface area (Å²) >= 11 is 0. The molecule has 0 atom stereocenters. The molecule has 0 N–H and O–H groups in total. The summed E-state index contributed by atoms with van der Waals surface area (Å²) < 4.78 is 0. The Morgan fingerprint density at radius 3 is 2.00 bits per heavy atom. The summed E-state index contributed by atoms with van der Waals surface area (Å²) in [7, 11) is 0. The van der Waals surface area contributed by atoms with Crippen molar-refractivity contribution in [1.82, 2.24) is 0 Å². The van der Waals surface area contributed by atoms with Crippen molar-refractivity contribution in [2.24, 2.45) is 5.41 Å². The van der Waals surface area contributed by atoms with E-state index in [4.69, 9.17) is 0 Å². The van der Waals surface area contributed by atoms with Crippen LogP contribution in [0.3, 0.4) is 0 Å². The molecule has 0 fully saturated rings. The van der Waals surface area contributed by atoms with Crippen molar-refractivity contribution in [2.45, 2.75) is 26.7 Å². The maximum Gasteiger partial charge on any atom is -0.0172 e. The second kappa shape index (κ2) is 3.49. The van der Waals surface area contributed by atoms with Crippen molar-refractivity contribution in [1.29, 1.82) is 0 Å². The number of hydrogen-bond acceptors (Lipinski definition) is 0. The van der Waals surface area contributed by atoms with Gasteiger partial charge in [-0.05, 0) is 18.3 Å². The minimum Gasteiger partial charge on any atom is -0.106 e. The predicted octanol–water partition coefficient (Wildman–Crippen LogP) is 3.16. The zero-order chi connectivity index (χ0) is 7.33. The summed E-state index contributed by atoms with van der Waals surface area (Å²) in [6, 6.07) is 0. The highest BCUT2D eigenvalue weighted by Crippen LogP contribution is 2.29. The largest absolute Gasteiger partial charge is 0.106 e. The van der Waals surface area contributed by atoms with E-state index in [0.717, 1.165) is 0 Å². The number of rotatable bonds is 0. The van der Waals surface area contributed by atoms with E-state index in [-0.39, 0.29) is 0 Å². The van der Waals surface area contributed by atoms with Gasteiger partial charge in [0.15, 0.2) is 0 Å². The van der Waals surface area contributed by atoms with Gasteiger partial charge in [0.25, 0.3) is 0 Å². The lowest BCUT2D eigenvalue weighted by Gasteiger charge is -2.11. The second-order valence-corrected chi connectivity index (χ2v) is 2.93. The minimum atomic E-state index is 0.514. The molecule has 1 aliphatic rings. The first-order valence-electron chi connectivity index (χ1n) is 3.38. The van der Waals surface area contributed by atoms with Gasteiger partial charge in [-0.2, -0.15) is 0 Å². The van der Waals surface area contributed by atoms with Crippen LogP contribution in [-0.2, 0) is 0 Å². The molecule has 0 spiro atoms. The smallest absolute Gasteiger partial charge is 0.0172 e. The molecule has 0 aliphatic heterocycles. The third-order valence-electron chi connectivity index (χ3n) is 1.52. The standard InChI is InChI=1S/C7H12.C2H4/c1-7(2)5-3-4-6-7;1-2/h3,5H,4,6H2,1-2H3;1-2H2. The summed E-state index contributed by atoms with van der Waals surface area (Å²) in [6.07, 6.45) is 7.19. The lowest BCUT2D eigenvalue weighted by atomic mass is 9.94. The van der Waals surface area contributed by atoms with E-state index in [1.807, 2.05) is 0 Å². The van der Waals surface area contributed by atoms with Crippen LogP contribution < -0.4 is 0 Å². The molecule has 0 nitrogen and oxygen atoms in total. The molecule has 0 unspecified atom stereocenters. The second-order valence-electron chi connectivity index (χ2n) is 2.93. The topological polar surface area (TPSA) is 0 Å². The van der Waals surface area contributed by atoms with E-state index in [9.17, 15) is 0 Å². The van der Waals surface area contributed by atoms with Crippen molar-refractivity contribution < 1.29 is 0 Å². The van der Waals surface area contributed by atoms with Crippen molar-refractivity contribution in [2.75, 3.05) is 0 Å². The van der Waals surface area contributed by atoms with Gasteiger partial charge in [0.1, 0.15) is 0 Å². The lowest BCUT2D eigenvalue weighted by Crippen LogP contribution is -2.00.